The molecule has 0 aliphatic heterocycles. The van der Waals surface area contributed by atoms with Gasteiger partial charge >= 0.3 is 0 Å². The Morgan fingerprint density at radius 2 is 1.97 bits per heavy atom. The molecule has 0 bridgehead atoms. The van der Waals surface area contributed by atoms with Crippen LogP contribution in [0.2, 0.25) is 5.02 Å². The second-order valence-electron chi connectivity index (χ2n) is 11.0. The molecule has 32 heavy (non-hydrogen) atoms. The Morgan fingerprint density at radius 3 is 2.75 bits per heavy atom. The zero-order valence-corrected chi connectivity index (χ0v) is 20.2. The molecule has 4 aliphatic carbocycles. The molecule has 0 amide bonds. The van der Waals surface area contributed by atoms with Crippen molar-refractivity contribution in [1.29, 1.82) is 0 Å². The number of nitrogens with zero attached hydrogens (tertiary/aromatic N) is 1. The summed E-state index contributed by atoms with van der Waals surface area (Å²) < 4.78 is 0. The Labute approximate surface area is 198 Å². The van der Waals surface area contributed by atoms with E-state index in [4.69, 9.17) is 16.6 Å². The zero-order chi connectivity index (χ0) is 22.5. The van der Waals surface area contributed by atoms with Crippen molar-refractivity contribution in [2.45, 2.75) is 70.5 Å². The molecule has 7 atom stereocenters. The van der Waals surface area contributed by atoms with Gasteiger partial charge in [-0.15, -0.1) is 11.3 Å². The fourth-order valence-electron chi connectivity index (χ4n) is 8.00. The molecule has 4 aliphatic rings. The molecule has 0 unspecified atom stereocenters. The van der Waals surface area contributed by atoms with Crippen LogP contribution in [0, 0.1) is 28.6 Å². The molecule has 170 valence electrons. The third kappa shape index (κ3) is 2.57. The number of aliphatic hydroxyl groups excluding tert-OH is 1. The largest absolute Gasteiger partial charge is 0.390 e. The average molecular weight is 472 g/mol. The molecule has 6 rings (SSSR count). The Hall–Kier alpha value is -1.27. The van der Waals surface area contributed by atoms with E-state index in [2.05, 4.69) is 13.8 Å². The molecule has 2 aromatic rings. The number of aliphatic hydroxyl groups is 2. The van der Waals surface area contributed by atoms with Crippen molar-refractivity contribution in [3.05, 3.63) is 39.9 Å². The highest BCUT2D eigenvalue weighted by Gasteiger charge is 2.68. The van der Waals surface area contributed by atoms with Crippen LogP contribution in [0.1, 0.15) is 62.9 Å². The maximum Gasteiger partial charge on any atom is 0.139 e. The number of carbonyl (C=O) groups excluding carboxylic acids is 1. The monoisotopic (exact) mass is 471 g/mol. The van der Waals surface area contributed by atoms with Crippen molar-refractivity contribution in [3.63, 3.8) is 0 Å². The van der Waals surface area contributed by atoms with Gasteiger partial charge in [0.05, 0.1) is 16.7 Å². The van der Waals surface area contributed by atoms with Crippen molar-refractivity contribution < 1.29 is 15.0 Å². The lowest BCUT2D eigenvalue weighted by Crippen LogP contribution is -2.65. The number of thiazole rings is 1. The number of fused-ring (bicyclic) bond motifs is 7. The highest BCUT2D eigenvalue weighted by atomic mass is 35.5. The molecule has 1 heterocycles. The third-order valence-corrected chi connectivity index (χ3v) is 11.3. The molecule has 1 aromatic carbocycles. The van der Waals surface area contributed by atoms with E-state index in [1.807, 2.05) is 24.3 Å². The highest BCUT2D eigenvalue weighted by Crippen LogP contribution is 2.68. The predicted octanol–water partition coefficient (Wildman–Crippen LogP) is 5.38. The molecule has 3 fully saturated rings. The molecule has 0 saturated heterocycles. The maximum atomic E-state index is 12.7. The number of Topliss-reactive ketones (excluding diaryl/α,β-unsaturated/α-hetero) is 1. The minimum Gasteiger partial charge on any atom is -0.390 e. The quantitative estimate of drug-likeness (QED) is 0.585. The molecule has 2 N–H and O–H groups in total. The number of aromatic nitrogens is 1. The van der Waals surface area contributed by atoms with Crippen molar-refractivity contribution in [3.8, 4) is 10.6 Å². The van der Waals surface area contributed by atoms with Gasteiger partial charge in [0.15, 0.2) is 0 Å². The van der Waals surface area contributed by atoms with E-state index in [0.717, 1.165) is 53.2 Å². The summed E-state index contributed by atoms with van der Waals surface area (Å²) in [6.45, 7) is 4.34. The second kappa shape index (κ2) is 6.88. The topological polar surface area (TPSA) is 70.4 Å². The minimum absolute atomic E-state index is 0.239. The molecular formula is C26H30ClNO3S. The Balaban J connectivity index is 1.43. The van der Waals surface area contributed by atoms with E-state index in [-0.39, 0.29) is 5.41 Å². The number of rotatable bonds is 1. The Kier molecular flexibility index (Phi) is 4.57. The lowest BCUT2D eigenvalue weighted by molar-refractivity contribution is -0.247. The Morgan fingerprint density at radius 1 is 1.16 bits per heavy atom. The van der Waals surface area contributed by atoms with Crippen LogP contribution in [0.15, 0.2) is 24.3 Å². The first kappa shape index (κ1) is 21.3. The summed E-state index contributed by atoms with van der Waals surface area (Å²) >= 11 is 7.72. The molecular weight excluding hydrogens is 442 g/mol. The summed E-state index contributed by atoms with van der Waals surface area (Å²) in [5.41, 5.74) is -0.0982. The number of ketones is 1. The molecule has 4 nitrogen and oxygen atoms in total. The summed E-state index contributed by atoms with van der Waals surface area (Å²) in [7, 11) is 0. The van der Waals surface area contributed by atoms with Crippen molar-refractivity contribution in [2.24, 2.45) is 28.6 Å². The summed E-state index contributed by atoms with van der Waals surface area (Å²) in [5.74, 6) is 1.34. The number of hydrogen-bond donors (Lipinski definition) is 2. The van der Waals surface area contributed by atoms with Gasteiger partial charge in [0.2, 0.25) is 0 Å². The van der Waals surface area contributed by atoms with Crippen LogP contribution in [0.5, 0.6) is 0 Å². The van der Waals surface area contributed by atoms with Gasteiger partial charge in [-0.2, -0.15) is 0 Å². The molecule has 3 saturated carbocycles. The smallest absolute Gasteiger partial charge is 0.139 e. The lowest BCUT2D eigenvalue weighted by atomic mass is 9.43. The lowest BCUT2D eigenvalue weighted by Gasteiger charge is -2.63. The first-order valence-electron chi connectivity index (χ1n) is 11.9. The molecule has 1 aromatic heterocycles. The number of halogens is 1. The van der Waals surface area contributed by atoms with E-state index in [1.165, 1.54) is 11.3 Å². The van der Waals surface area contributed by atoms with Gasteiger partial charge in [0, 0.05) is 27.8 Å². The van der Waals surface area contributed by atoms with E-state index < -0.39 is 17.1 Å². The maximum absolute atomic E-state index is 12.7. The summed E-state index contributed by atoms with van der Waals surface area (Å²) in [4.78, 5) is 18.4. The minimum atomic E-state index is -1.30. The van der Waals surface area contributed by atoms with E-state index in [0.29, 0.717) is 41.4 Å². The van der Waals surface area contributed by atoms with Gasteiger partial charge in [0.25, 0.3) is 0 Å². The van der Waals surface area contributed by atoms with Crippen molar-refractivity contribution >= 4 is 28.7 Å². The zero-order valence-electron chi connectivity index (χ0n) is 18.6. The molecule has 0 spiro atoms. The number of aryl methyl sites for hydroxylation is 1. The van der Waals surface area contributed by atoms with Gasteiger partial charge in [-0.25, -0.2) is 4.98 Å². The third-order valence-electron chi connectivity index (χ3n) is 9.81. The standard InChI is InChI=1S/C26H30ClNO3S/c1-24-10-8-18-16(17(24)6-7-20(24)29)13-21(30)26(31)22-19(9-11-25(18,26)2)28-23(32-22)14-4-3-5-15(27)12-14/h3-5,12,16-18,21,30-31H,6-11,13H2,1-2H3/t16-,17-,18-,21-,24-,25+,26+/m0/s1. The van der Waals surface area contributed by atoms with Crippen molar-refractivity contribution in [2.75, 3.05) is 0 Å². The van der Waals surface area contributed by atoms with Gasteiger partial charge in [-0.05, 0) is 68.4 Å². The number of carbonyl (C=O) groups is 1. The molecule has 6 heteroatoms. The van der Waals surface area contributed by atoms with E-state index in [9.17, 15) is 15.0 Å². The second-order valence-corrected chi connectivity index (χ2v) is 12.5. The van der Waals surface area contributed by atoms with Crippen LogP contribution in [-0.4, -0.2) is 27.1 Å². The number of hydrogen-bond acceptors (Lipinski definition) is 5. The normalized spacial score (nSPS) is 42.7. The van der Waals surface area contributed by atoms with Crippen LogP contribution in [0.25, 0.3) is 10.6 Å². The SMILES string of the molecule is C[C@]12CC[C@H]3[C@@H](C[C@H](O)[C@@]4(O)c5sc(-c6cccc(Cl)c6)nc5CC[C@]34C)[C@@H]1CCC2=O. The fraction of sp³-hybridized carbons (Fsp3) is 0.615. The predicted molar refractivity (Wildman–Crippen MR) is 126 cm³/mol. The van der Waals surface area contributed by atoms with Gasteiger partial charge in [-0.1, -0.05) is 37.6 Å². The van der Waals surface area contributed by atoms with Gasteiger partial charge in [-0.3, -0.25) is 4.79 Å². The summed E-state index contributed by atoms with van der Waals surface area (Å²) in [6.07, 6.45) is 4.79. The summed E-state index contributed by atoms with van der Waals surface area (Å²) in [6, 6.07) is 7.66. The molecule has 0 radical (unpaired) electrons. The van der Waals surface area contributed by atoms with Crippen LogP contribution in [-0.2, 0) is 16.8 Å². The average Bonchev–Trinajstić information content (AvgIpc) is 3.33. The van der Waals surface area contributed by atoms with Crippen LogP contribution < -0.4 is 0 Å². The van der Waals surface area contributed by atoms with Gasteiger partial charge < -0.3 is 10.2 Å². The first-order valence-corrected chi connectivity index (χ1v) is 13.1. The summed E-state index contributed by atoms with van der Waals surface area (Å²) in [5, 5.41) is 25.4. The fourth-order valence-corrected chi connectivity index (χ4v) is 9.57. The van der Waals surface area contributed by atoms with Gasteiger partial charge in [0.1, 0.15) is 16.4 Å². The van der Waals surface area contributed by atoms with Crippen LogP contribution >= 0.6 is 22.9 Å². The van der Waals surface area contributed by atoms with Crippen LogP contribution in [0.4, 0.5) is 0 Å². The number of benzene rings is 1. The van der Waals surface area contributed by atoms with Crippen LogP contribution in [0.3, 0.4) is 0 Å². The van der Waals surface area contributed by atoms with E-state index in [1.54, 1.807) is 0 Å². The van der Waals surface area contributed by atoms with Crippen molar-refractivity contribution in [1.82, 2.24) is 4.98 Å². The first-order chi connectivity index (χ1) is 15.2. The van der Waals surface area contributed by atoms with E-state index >= 15 is 0 Å². The highest BCUT2D eigenvalue weighted by molar-refractivity contribution is 7.15. The Bertz CT molecular complexity index is 1120.